The molecule has 0 aliphatic rings. The molecule has 130 valence electrons. The number of benzene rings is 3. The predicted molar refractivity (Wildman–Crippen MR) is 108 cm³/mol. The van der Waals surface area contributed by atoms with Gasteiger partial charge in [-0.2, -0.15) is 0 Å². The van der Waals surface area contributed by atoms with Crippen molar-refractivity contribution in [3.05, 3.63) is 89.5 Å². The van der Waals surface area contributed by atoms with Crippen LogP contribution in [-0.4, -0.2) is 29.2 Å². The Morgan fingerprint density at radius 3 is 2.00 bits per heavy atom. The summed E-state index contributed by atoms with van der Waals surface area (Å²) in [7, 11) is 3.36. The Balaban J connectivity index is 1.72. The van der Waals surface area contributed by atoms with Crippen molar-refractivity contribution in [3.63, 3.8) is 0 Å². The van der Waals surface area contributed by atoms with Gasteiger partial charge >= 0.3 is 161 Å². The molecule has 0 fully saturated rings. The Morgan fingerprint density at radius 2 is 1.35 bits per heavy atom. The van der Waals surface area contributed by atoms with Crippen molar-refractivity contribution in [3.8, 4) is 23.3 Å². The van der Waals surface area contributed by atoms with Crippen molar-refractivity contribution >= 4 is 19.4 Å². The molecule has 0 unspecified atom stereocenters. The van der Waals surface area contributed by atoms with Crippen LogP contribution in [0.25, 0.3) is 0 Å². The minimum absolute atomic E-state index is 0.333. The van der Waals surface area contributed by atoms with Crippen molar-refractivity contribution in [2.24, 2.45) is 0 Å². The summed E-state index contributed by atoms with van der Waals surface area (Å²) in [5, 5.41) is 1.04. The molecule has 3 rings (SSSR count). The molecule has 0 heterocycles. The van der Waals surface area contributed by atoms with E-state index in [1.807, 2.05) is 42.5 Å². The van der Waals surface area contributed by atoms with Crippen LogP contribution in [0.4, 0.5) is 0 Å². The van der Waals surface area contributed by atoms with Gasteiger partial charge in [0.15, 0.2) is 0 Å². The molecule has 0 aromatic heterocycles. The first-order valence-corrected chi connectivity index (χ1v) is 10.4. The number of methoxy groups -OCH3 is 2. The van der Waals surface area contributed by atoms with Gasteiger partial charge in [-0.05, 0) is 0 Å². The van der Waals surface area contributed by atoms with Crippen LogP contribution in [0.15, 0.2) is 72.8 Å². The molecule has 0 bridgehead atoms. The van der Waals surface area contributed by atoms with Gasteiger partial charge in [0.1, 0.15) is 0 Å². The molecule has 0 saturated carbocycles. The summed E-state index contributed by atoms with van der Waals surface area (Å²) in [6.45, 7) is 0. The summed E-state index contributed by atoms with van der Waals surface area (Å²) in [5.41, 5.74) is 3.42. The van der Waals surface area contributed by atoms with Crippen molar-refractivity contribution in [1.82, 2.24) is 0 Å². The molecule has 0 amide bonds. The average molecular weight is 407 g/mol. The number of rotatable bonds is 5. The van der Waals surface area contributed by atoms with Gasteiger partial charge in [0.2, 0.25) is 0 Å². The third kappa shape index (κ3) is 4.92. The second-order valence-corrected chi connectivity index (χ2v) is 7.75. The molecule has 2 nitrogen and oxygen atoms in total. The Morgan fingerprint density at radius 1 is 0.731 bits per heavy atom. The summed E-state index contributed by atoms with van der Waals surface area (Å²) in [5.74, 6) is 8.32. The summed E-state index contributed by atoms with van der Waals surface area (Å²) in [6.07, 6.45) is 0. The molecule has 3 heteroatoms. The van der Waals surface area contributed by atoms with Gasteiger partial charge in [0, 0.05) is 0 Å². The van der Waals surface area contributed by atoms with Crippen LogP contribution in [0, 0.1) is 11.8 Å². The van der Waals surface area contributed by atoms with Crippen LogP contribution < -0.4 is 13.9 Å². The predicted octanol–water partition coefficient (Wildman–Crippen LogP) is 3.63. The van der Waals surface area contributed by atoms with Crippen molar-refractivity contribution in [1.29, 1.82) is 0 Å². The molecule has 0 aliphatic heterocycles. The molecule has 0 radical (unpaired) electrons. The Kier molecular flexibility index (Phi) is 6.39. The van der Waals surface area contributed by atoms with E-state index in [4.69, 9.17) is 9.47 Å². The molecule has 26 heavy (non-hydrogen) atoms. The molecule has 3 aromatic rings. The van der Waals surface area contributed by atoms with Gasteiger partial charge in [-0.15, -0.1) is 0 Å². The number of hydrogen-bond acceptors (Lipinski definition) is 2. The van der Waals surface area contributed by atoms with Crippen LogP contribution in [0.3, 0.4) is 0 Å². The van der Waals surface area contributed by atoms with Gasteiger partial charge in [-0.3, -0.25) is 0 Å². The topological polar surface area (TPSA) is 18.5 Å². The van der Waals surface area contributed by atoms with E-state index >= 15 is 0 Å². The van der Waals surface area contributed by atoms with Crippen LogP contribution in [-0.2, 0) is 5.32 Å². The summed E-state index contributed by atoms with van der Waals surface area (Å²) in [6, 6.07) is 24.5. The van der Waals surface area contributed by atoms with E-state index < -0.39 is 0 Å². The van der Waals surface area contributed by atoms with Gasteiger partial charge in [0.05, 0.1) is 0 Å². The van der Waals surface area contributed by atoms with Crippen LogP contribution in [0.1, 0.15) is 16.7 Å². The maximum atomic E-state index is 5.22. The van der Waals surface area contributed by atoms with Gasteiger partial charge in [0.25, 0.3) is 0 Å². The molecule has 0 atom stereocenters. The fourth-order valence-electron chi connectivity index (χ4n) is 2.39. The van der Waals surface area contributed by atoms with Gasteiger partial charge < -0.3 is 0 Å². The summed E-state index contributed by atoms with van der Waals surface area (Å²) < 4.78 is 11.7. The van der Waals surface area contributed by atoms with Crippen LogP contribution in [0.2, 0.25) is 0 Å². The van der Waals surface area contributed by atoms with Crippen LogP contribution in [0.5, 0.6) is 11.5 Å². The number of ether oxygens (including phenoxy) is 2. The SMILES string of the molecule is COc1ccc(C#Cc2ccccc2[Se]Cc2ccc(OC)cc2)cc1. The Hall–Kier alpha value is -2.66. The zero-order chi connectivity index (χ0) is 18.2. The molecular formula is C23H20O2Se. The van der Waals surface area contributed by atoms with E-state index in [9.17, 15) is 0 Å². The first kappa shape index (κ1) is 18.1. The molecule has 0 spiro atoms. The van der Waals surface area contributed by atoms with Crippen molar-refractivity contribution in [2.75, 3.05) is 14.2 Å². The van der Waals surface area contributed by atoms with Crippen molar-refractivity contribution in [2.45, 2.75) is 5.32 Å². The molecular weight excluding hydrogens is 387 g/mol. The average Bonchev–Trinajstić information content (AvgIpc) is 2.72. The van der Waals surface area contributed by atoms with E-state index in [0.717, 1.165) is 27.9 Å². The number of hydrogen-bond donors (Lipinski definition) is 0. The Labute approximate surface area is 161 Å². The molecule has 0 N–H and O–H groups in total. The first-order valence-electron chi connectivity index (χ1n) is 8.29. The van der Waals surface area contributed by atoms with Crippen molar-refractivity contribution < 1.29 is 9.47 Å². The van der Waals surface area contributed by atoms with E-state index in [-0.39, 0.29) is 0 Å². The summed E-state index contributed by atoms with van der Waals surface area (Å²) in [4.78, 5) is 0. The van der Waals surface area contributed by atoms with E-state index in [2.05, 4.69) is 42.2 Å². The van der Waals surface area contributed by atoms with E-state index in [1.165, 1.54) is 10.0 Å². The van der Waals surface area contributed by atoms with Crippen LogP contribution >= 0.6 is 0 Å². The monoisotopic (exact) mass is 408 g/mol. The second-order valence-electron chi connectivity index (χ2n) is 5.61. The molecule has 3 aromatic carbocycles. The standard InChI is InChI=1S/C23H20O2Se/c1-24-21-13-8-18(9-14-21)7-12-20-5-3-4-6-23(20)26-17-19-10-15-22(25-2)16-11-19/h3-6,8-11,13-16H,17H2,1-2H3. The normalized spacial score (nSPS) is 9.92. The quantitative estimate of drug-likeness (QED) is 0.475. The van der Waals surface area contributed by atoms with Gasteiger partial charge in [-0.1, -0.05) is 0 Å². The molecule has 0 aliphatic carbocycles. The fourth-order valence-corrected chi connectivity index (χ4v) is 4.41. The third-order valence-corrected chi connectivity index (χ3v) is 6.27. The zero-order valence-corrected chi connectivity index (χ0v) is 16.6. The maximum absolute atomic E-state index is 5.22. The van der Waals surface area contributed by atoms with E-state index in [0.29, 0.717) is 15.0 Å². The fraction of sp³-hybridized carbons (Fsp3) is 0.130. The second kappa shape index (κ2) is 9.15. The zero-order valence-electron chi connectivity index (χ0n) is 14.9. The Bertz CT molecular complexity index is 903. The first-order chi connectivity index (χ1) is 12.8. The summed E-state index contributed by atoms with van der Waals surface area (Å²) >= 11 is 0.333. The molecule has 0 saturated heterocycles. The van der Waals surface area contributed by atoms with Gasteiger partial charge in [-0.25, -0.2) is 0 Å². The van der Waals surface area contributed by atoms with E-state index in [1.54, 1.807) is 14.2 Å². The third-order valence-electron chi connectivity index (χ3n) is 3.87. The minimum atomic E-state index is 0.333.